The number of rotatable bonds is 19. The molecule has 2 aliphatic rings. The number of pyridine rings is 6. The molecule has 25 nitrogen and oxygen atoms in total. The SMILES string of the molecule is Brc1cnc2nc(N3CCOCC3)sc2c1.C1COCCN1.CC(C)(C)ON=O.Clc1nc2ncc(Br)cc2s1.Nc1nc2ncc(Br)cc2s1.Nc1ncc(Br)cc1I.O=C(N=C=S)c1ccccc1.O=C(NC(=S)Cc1ncc(Br)cc1I)c1ccccc1.O=C(Nc1nc2ncc(Br)cc2s1)c1ccccc1.PP(P)P(P(P)P)P(P(P)P)P(P(P(P)P)P(P)P)P(P(P)P)P(P)P. The number of amides is 3. The quantitative estimate of drug-likeness (QED) is 0.0125. The maximum atomic E-state index is 12.0. The number of hydrogen-bond donors (Lipinski definition) is 5. The molecule has 12 heterocycles. The summed E-state index contributed by atoms with van der Waals surface area (Å²) in [7, 11) is 45.3. The van der Waals surface area contributed by atoms with Gasteiger partial charge in [-0.1, -0.05) is 112 Å². The molecule has 0 bridgehead atoms. The summed E-state index contributed by atoms with van der Waals surface area (Å²) >= 11 is 45.5. The first kappa shape index (κ1) is 130. The first-order chi connectivity index (χ1) is 64.5. The molecule has 136 heavy (non-hydrogen) atoms. The van der Waals surface area contributed by atoms with Crippen LogP contribution in [0.2, 0.25) is 4.47 Å². The van der Waals surface area contributed by atoms with Gasteiger partial charge in [-0.2, -0.15) is 15.0 Å². The van der Waals surface area contributed by atoms with Crippen LogP contribution in [-0.2, 0) is 20.7 Å². The topological polar surface area (TPSA) is 341 Å². The van der Waals surface area contributed by atoms with Gasteiger partial charge in [0.25, 0.3) is 17.7 Å². The van der Waals surface area contributed by atoms with E-state index < -0.39 is 5.60 Å². The average Bonchev–Trinajstić information content (AvgIpc) is 0.913. The number of nitrogens with one attached hydrogen (secondary N) is 3. The van der Waals surface area contributed by atoms with Crippen molar-refractivity contribution in [3.05, 3.63) is 230 Å². The Morgan fingerprint density at radius 1 is 0.522 bits per heavy atom. The zero-order valence-electron chi connectivity index (χ0n) is 71.1. The standard InChI is InChI=1S/C14H10BrIN2OS.C13H8BrN3OS.C10H10BrN3OS.C8H5NOS.C6H2BrClN2S.C6H4BrN3S.C5H4BrIN2.C4H9NO2.C4H9NO.H28P26/c15-10-6-11(16)12(17-8-10)7-13(20)18-14(19)9-4-2-1-3-5-9;14-9-6-10-11(15-7-9)16-13(19-10)17-12(18)8-4-2-1-3-5-8;11-7-5-8-9(12-6-7)13-10(16-8)14-1-3-15-4-2-14;10-8(9-6-11)7-4-2-1-3-5-7;2*7-3-1-4-5(9-2-3)10-6(8)11-4;6-3-1-4(7)5(8)9-2-3;1-4(2,3)7-5-6;1-3-6-4-2-5-1;1-15(2)22(16(3)4)25(21(13)14)26(23(17(5)6)18(7)8)24(19(9)10)20(11)12/h1-6,8H,7H2,(H,18,19,20);1-7H,(H,15,16,17,18);5-6H,1-4H2;1-5H;1-2H;1-2H,(H2,8,9,10);1-2H,(H2,8,9);1-3H3;5H,1-4H2;1-14H2. The fourth-order valence-corrected chi connectivity index (χ4v) is 353. The summed E-state index contributed by atoms with van der Waals surface area (Å²) in [6, 6.07) is 38.5. The van der Waals surface area contributed by atoms with Crippen LogP contribution in [0.15, 0.2) is 202 Å². The molecule has 10 aromatic heterocycles. The number of thiocarbonyl (C=S) groups is 2. The summed E-state index contributed by atoms with van der Waals surface area (Å²) in [5.41, 5.74) is 16.0. The highest BCUT2D eigenvalue weighted by Crippen LogP contribution is 3.35. The van der Waals surface area contributed by atoms with Gasteiger partial charge in [-0.3, -0.25) is 24.7 Å². The molecule has 0 spiro atoms. The van der Waals surface area contributed by atoms with Gasteiger partial charge in [0.15, 0.2) is 47.8 Å². The molecule has 2 aliphatic heterocycles. The van der Waals surface area contributed by atoms with Crippen LogP contribution in [0.4, 0.5) is 21.2 Å². The Balaban J connectivity index is 0.000000238. The number of fused-ring (bicyclic) bond motifs is 4. The van der Waals surface area contributed by atoms with Gasteiger partial charge in [0.05, 0.1) is 64.6 Å². The third kappa shape index (κ3) is 49.3. The molecule has 2 fully saturated rings. The fourth-order valence-electron chi connectivity index (χ4n) is 9.54. The van der Waals surface area contributed by atoms with Crippen LogP contribution in [-0.4, -0.2) is 136 Å². The maximum absolute atomic E-state index is 12.0. The highest BCUT2D eigenvalue weighted by molar-refractivity contribution is 14.1. The Bertz CT molecular complexity index is 5890. The number of isothiocyanates is 1. The number of thiazole rings is 4. The molecule has 13 aromatic rings. The number of halogens is 9. The van der Waals surface area contributed by atoms with Crippen LogP contribution >= 0.6 is 431 Å². The minimum Gasteiger partial charge on any atom is -0.383 e. The zero-order valence-corrected chi connectivity index (χ0v) is 117. The second-order valence-electron chi connectivity index (χ2n) is 26.4. The number of nitrogens with zero attached hydrogens (tertiary/aromatic N) is 13. The molecule has 3 amide bonds. The van der Waals surface area contributed by atoms with Gasteiger partial charge in [0.2, 0.25) is 0 Å². The lowest BCUT2D eigenvalue weighted by atomic mass is 10.2. The molecular weight excluding hydrogens is 2970 g/mol. The minimum atomic E-state index is -0.429. The first-order valence-corrected chi connectivity index (χ1v) is 95.4. The number of anilines is 4. The normalized spacial score (nSPS) is 12.5. The lowest BCUT2D eigenvalue weighted by Crippen LogP contribution is -2.36. The lowest BCUT2D eigenvalue weighted by Gasteiger charge is -2.50. The Hall–Kier alpha value is 5.11. The van der Waals surface area contributed by atoms with E-state index in [2.05, 4.69) is 370 Å². The second kappa shape index (κ2) is 70.5. The van der Waals surface area contributed by atoms with Gasteiger partial charge in [-0.25, -0.2) is 34.9 Å². The number of hydrogen-bond acceptors (Lipinski definition) is 28. The highest BCUT2D eigenvalue weighted by Gasteiger charge is 2.48. The van der Waals surface area contributed by atoms with E-state index in [1.54, 1.807) is 118 Å². The molecule has 15 unspecified atom stereocenters. The Labute approximate surface area is 945 Å². The lowest BCUT2D eigenvalue weighted by molar-refractivity contribution is -0.00231. The van der Waals surface area contributed by atoms with Crippen LogP contribution in [0.25, 0.3) is 41.4 Å². The number of morpholine rings is 2. The zero-order chi connectivity index (χ0) is 100. The summed E-state index contributed by atoms with van der Waals surface area (Å²) in [5, 5.41) is 15.1. The Morgan fingerprint density at radius 3 is 1.32 bits per heavy atom. The number of nitrogens with two attached hydrogens (primary N) is 2. The number of carbonyl (C=O) groups is 3. The van der Waals surface area contributed by atoms with Gasteiger partial charge in [0.1, 0.15) is 11.4 Å². The molecule has 0 aliphatic carbocycles. The largest absolute Gasteiger partial charge is 0.383 e. The van der Waals surface area contributed by atoms with Crippen molar-refractivity contribution in [1.29, 1.82) is 0 Å². The number of nitrogen functional groups attached to an aromatic ring is 2. The van der Waals surface area contributed by atoms with Gasteiger partial charge in [-0.15, -0.1) is 141 Å². The van der Waals surface area contributed by atoms with E-state index in [0.29, 0.717) is 59.9 Å². The van der Waals surface area contributed by atoms with Crippen molar-refractivity contribution in [3.63, 3.8) is 0 Å². The average molecular weight is 3060 g/mol. The van der Waals surface area contributed by atoms with Crippen molar-refractivity contribution in [1.82, 2.24) is 60.5 Å². The third-order valence-electron chi connectivity index (χ3n) is 15.1. The molecule has 0 saturated carbocycles. The Morgan fingerprint density at radius 2 is 0.912 bits per heavy atom. The minimum absolute atomic E-state index is 0.0193. The van der Waals surface area contributed by atoms with E-state index in [-0.39, 0.29) is 102 Å². The van der Waals surface area contributed by atoms with E-state index in [4.69, 9.17) is 44.8 Å². The predicted molar refractivity (Wildman–Crippen MR) is 706 cm³/mol. The molecule has 15 rings (SSSR count). The summed E-state index contributed by atoms with van der Waals surface area (Å²) in [5.74, 6) is -0.124. The summed E-state index contributed by atoms with van der Waals surface area (Å²) in [6.45, 7) is 12.7. The van der Waals surface area contributed by atoms with E-state index >= 15 is 0 Å². The van der Waals surface area contributed by atoms with Gasteiger partial charge < -0.3 is 41.3 Å². The van der Waals surface area contributed by atoms with E-state index in [0.717, 1.165) is 128 Å². The van der Waals surface area contributed by atoms with Crippen LogP contribution in [0.5, 0.6) is 0 Å². The summed E-state index contributed by atoms with van der Waals surface area (Å²) in [4.78, 5) is 96.2. The van der Waals surface area contributed by atoms with Crippen LogP contribution in [0.3, 0.4) is 0 Å². The molecule has 3 aromatic carbocycles. The van der Waals surface area contributed by atoms with Crippen molar-refractivity contribution in [2.24, 2.45) is 10.3 Å². The summed E-state index contributed by atoms with van der Waals surface area (Å²) < 4.78 is 22.6. The molecular formula is C70H89Br6ClI2N18O7P26S6. The molecule has 7 N–H and O–H groups in total. The van der Waals surface area contributed by atoms with Crippen molar-refractivity contribution < 1.29 is 28.7 Å². The van der Waals surface area contributed by atoms with Crippen molar-refractivity contribution in [2.75, 3.05) is 74.3 Å². The van der Waals surface area contributed by atoms with Crippen LogP contribution < -0.4 is 32.3 Å². The molecule has 2 saturated heterocycles. The predicted octanol–water partition coefficient (Wildman–Crippen LogP) is 34.8. The Kier molecular flexibility index (Phi) is 67.3. The van der Waals surface area contributed by atoms with E-state index in [9.17, 15) is 19.3 Å². The highest BCUT2D eigenvalue weighted by atomic mass is 127. The maximum Gasteiger partial charge on any atom is 0.285 e. The van der Waals surface area contributed by atoms with Crippen LogP contribution in [0.1, 0.15) is 57.5 Å². The smallest absolute Gasteiger partial charge is 0.285 e. The van der Waals surface area contributed by atoms with Crippen LogP contribution in [0, 0.1) is 12.0 Å². The van der Waals surface area contributed by atoms with Crippen molar-refractivity contribution in [3.8, 4) is 0 Å². The monoisotopic (exact) mass is 3050 g/mol. The van der Waals surface area contributed by atoms with E-state index in [1.807, 2.05) is 78.0 Å². The number of aromatic nitrogens is 10. The number of benzene rings is 3. The fraction of sp³-hybridized carbons (Fsp3) is 0.186. The van der Waals surface area contributed by atoms with Crippen molar-refractivity contribution in [2.45, 2.75) is 32.8 Å². The molecule has 0 radical (unpaired) electrons. The van der Waals surface area contributed by atoms with Gasteiger partial charge in [-0.05, 0) is 330 Å². The van der Waals surface area contributed by atoms with Gasteiger partial charge in [0, 0.05) is 117 Å². The molecule has 730 valence electrons. The van der Waals surface area contributed by atoms with Gasteiger partial charge >= 0.3 is 0 Å². The van der Waals surface area contributed by atoms with E-state index in [1.165, 1.54) is 34.0 Å². The molecule has 15 atom stereocenters. The summed E-state index contributed by atoms with van der Waals surface area (Å²) in [6.07, 6.45) is 10.7. The molecule has 66 heteroatoms. The second-order valence-corrected chi connectivity index (χ2v) is 144. The number of carbonyl (C=O) groups excluding carboxylic acids is 3. The number of ether oxygens (including phenoxy) is 2. The number of aliphatic imine (C=N–C) groups is 1. The first-order valence-electron chi connectivity index (χ1n) is 37.5. The van der Waals surface area contributed by atoms with Crippen molar-refractivity contribution >= 4 is 521 Å². The third-order valence-corrected chi connectivity index (χ3v) is 191.